The highest BCUT2D eigenvalue weighted by Gasteiger charge is 2.32. The zero-order valence-electron chi connectivity index (χ0n) is 17.8. The molecule has 1 aliphatic heterocycles. The van der Waals surface area contributed by atoms with E-state index < -0.39 is 16.9 Å². The summed E-state index contributed by atoms with van der Waals surface area (Å²) in [6.07, 6.45) is 0. The Balaban J connectivity index is 1.68. The van der Waals surface area contributed by atoms with Crippen molar-refractivity contribution < 1.29 is 14.5 Å². The van der Waals surface area contributed by atoms with Gasteiger partial charge in [0.05, 0.1) is 15.5 Å². The number of hydrogen-bond donors (Lipinski definition) is 1. The number of nitro groups is 1. The van der Waals surface area contributed by atoms with Crippen LogP contribution in [0.5, 0.6) is 0 Å². The van der Waals surface area contributed by atoms with Crippen molar-refractivity contribution in [1.29, 1.82) is 0 Å². The van der Waals surface area contributed by atoms with Gasteiger partial charge in [-0.3, -0.25) is 19.7 Å². The molecule has 0 aromatic heterocycles. The predicted octanol–water partition coefficient (Wildman–Crippen LogP) is 4.00. The number of anilines is 1. The predicted molar refractivity (Wildman–Crippen MR) is 124 cm³/mol. The second kappa shape index (κ2) is 10.2. The SMILES string of the molecule is CC(C)C(NC(=O)c1ccc(Cl)cc1Cl)C(=O)N1CCN(c2ccccc2[N+](=O)[O-])CC1. The van der Waals surface area contributed by atoms with Gasteiger partial charge in [0.1, 0.15) is 11.7 Å². The second-order valence-corrected chi connectivity index (χ2v) is 8.72. The number of piperazine rings is 1. The number of hydrogen-bond acceptors (Lipinski definition) is 5. The summed E-state index contributed by atoms with van der Waals surface area (Å²) in [4.78, 5) is 40.4. The normalized spacial score (nSPS) is 14.9. The largest absolute Gasteiger partial charge is 0.362 e. The zero-order valence-corrected chi connectivity index (χ0v) is 19.3. The quantitative estimate of drug-likeness (QED) is 0.499. The fraction of sp³-hybridized carbons (Fsp3) is 0.364. The van der Waals surface area contributed by atoms with Gasteiger partial charge >= 0.3 is 0 Å². The van der Waals surface area contributed by atoms with Crippen LogP contribution in [0.1, 0.15) is 24.2 Å². The van der Waals surface area contributed by atoms with Gasteiger partial charge in [-0.25, -0.2) is 0 Å². The number of para-hydroxylation sites is 2. The van der Waals surface area contributed by atoms with Crippen LogP contribution in [-0.4, -0.2) is 53.9 Å². The molecule has 0 aliphatic carbocycles. The molecule has 8 nitrogen and oxygen atoms in total. The first kappa shape index (κ1) is 23.8. The molecule has 3 rings (SSSR count). The van der Waals surface area contributed by atoms with Crippen LogP contribution < -0.4 is 10.2 Å². The lowest BCUT2D eigenvalue weighted by molar-refractivity contribution is -0.384. The maximum absolute atomic E-state index is 13.2. The number of carbonyl (C=O) groups excluding carboxylic acids is 2. The fourth-order valence-corrected chi connectivity index (χ4v) is 4.15. The van der Waals surface area contributed by atoms with Crippen LogP contribution >= 0.6 is 23.2 Å². The zero-order chi connectivity index (χ0) is 23.4. The number of nitro benzene ring substituents is 1. The molecule has 170 valence electrons. The lowest BCUT2D eigenvalue weighted by Gasteiger charge is -2.38. The minimum Gasteiger partial charge on any atom is -0.362 e. The van der Waals surface area contributed by atoms with Gasteiger partial charge in [0.25, 0.3) is 11.6 Å². The summed E-state index contributed by atoms with van der Waals surface area (Å²) >= 11 is 12.0. The molecule has 10 heteroatoms. The summed E-state index contributed by atoms with van der Waals surface area (Å²) < 4.78 is 0. The summed E-state index contributed by atoms with van der Waals surface area (Å²) in [5.74, 6) is -0.788. The first-order chi connectivity index (χ1) is 15.2. The lowest BCUT2D eigenvalue weighted by Crippen LogP contribution is -2.56. The van der Waals surface area contributed by atoms with E-state index in [9.17, 15) is 19.7 Å². The number of benzene rings is 2. The van der Waals surface area contributed by atoms with E-state index in [2.05, 4.69) is 5.32 Å². The van der Waals surface area contributed by atoms with Gasteiger partial charge in [-0.15, -0.1) is 0 Å². The first-order valence-electron chi connectivity index (χ1n) is 10.2. The molecule has 1 aliphatic rings. The monoisotopic (exact) mass is 478 g/mol. The molecule has 0 radical (unpaired) electrons. The molecule has 1 N–H and O–H groups in total. The minimum atomic E-state index is -0.730. The Morgan fingerprint density at radius 2 is 1.72 bits per heavy atom. The maximum atomic E-state index is 13.2. The van der Waals surface area contributed by atoms with E-state index in [1.54, 1.807) is 29.2 Å². The molecular formula is C22H24Cl2N4O4. The van der Waals surface area contributed by atoms with Crippen molar-refractivity contribution in [2.45, 2.75) is 19.9 Å². The van der Waals surface area contributed by atoms with Gasteiger partial charge in [-0.05, 0) is 30.2 Å². The number of amides is 2. The van der Waals surface area contributed by atoms with Gasteiger partial charge in [0, 0.05) is 37.3 Å². The molecule has 32 heavy (non-hydrogen) atoms. The highest BCUT2D eigenvalue weighted by atomic mass is 35.5. The van der Waals surface area contributed by atoms with Gasteiger partial charge in [0.2, 0.25) is 5.91 Å². The Morgan fingerprint density at radius 3 is 2.31 bits per heavy atom. The van der Waals surface area contributed by atoms with Crippen molar-refractivity contribution in [3.05, 3.63) is 68.2 Å². The molecule has 1 heterocycles. The highest BCUT2D eigenvalue weighted by molar-refractivity contribution is 6.36. The molecular weight excluding hydrogens is 455 g/mol. The summed E-state index contributed by atoms with van der Waals surface area (Å²) in [7, 11) is 0. The highest BCUT2D eigenvalue weighted by Crippen LogP contribution is 2.28. The number of carbonyl (C=O) groups is 2. The maximum Gasteiger partial charge on any atom is 0.292 e. The van der Waals surface area contributed by atoms with E-state index in [0.29, 0.717) is 36.9 Å². The molecule has 2 aromatic rings. The smallest absolute Gasteiger partial charge is 0.292 e. The van der Waals surface area contributed by atoms with Crippen LogP contribution in [0.3, 0.4) is 0 Å². The van der Waals surface area contributed by atoms with Crippen molar-refractivity contribution in [1.82, 2.24) is 10.2 Å². The number of halogens is 2. The summed E-state index contributed by atoms with van der Waals surface area (Å²) in [6, 6.07) is 10.4. The molecule has 1 unspecified atom stereocenters. The van der Waals surface area contributed by atoms with Crippen molar-refractivity contribution >= 4 is 46.4 Å². The Bertz CT molecular complexity index is 1020. The van der Waals surface area contributed by atoms with Crippen molar-refractivity contribution in [3.63, 3.8) is 0 Å². The summed E-state index contributed by atoms with van der Waals surface area (Å²) in [6.45, 7) is 5.42. The first-order valence-corrected chi connectivity index (χ1v) is 11.0. The van der Waals surface area contributed by atoms with E-state index in [0.717, 1.165) is 0 Å². The molecule has 0 spiro atoms. The molecule has 1 saturated heterocycles. The van der Waals surface area contributed by atoms with Crippen molar-refractivity contribution in [2.24, 2.45) is 5.92 Å². The standard InChI is InChI=1S/C22H24Cl2N4O4/c1-14(2)20(25-21(29)16-8-7-15(23)13-17(16)24)22(30)27-11-9-26(10-12-27)18-5-3-4-6-19(18)28(31)32/h3-8,13-14,20H,9-12H2,1-2H3,(H,25,29). The van der Waals surface area contributed by atoms with Crippen LogP contribution in [0.25, 0.3) is 0 Å². The van der Waals surface area contributed by atoms with Crippen molar-refractivity contribution in [3.8, 4) is 0 Å². The topological polar surface area (TPSA) is 95.8 Å². The number of rotatable bonds is 6. The Morgan fingerprint density at radius 1 is 1.06 bits per heavy atom. The van der Waals surface area contributed by atoms with Gasteiger partial charge < -0.3 is 15.1 Å². The van der Waals surface area contributed by atoms with Crippen LogP contribution in [0.4, 0.5) is 11.4 Å². The third-order valence-electron chi connectivity index (χ3n) is 5.41. The number of nitrogens with one attached hydrogen (secondary N) is 1. The lowest BCUT2D eigenvalue weighted by atomic mass is 10.0. The molecule has 0 bridgehead atoms. The van der Waals surface area contributed by atoms with Gasteiger partial charge in [0.15, 0.2) is 0 Å². The third-order valence-corrected chi connectivity index (χ3v) is 5.95. The van der Waals surface area contributed by atoms with E-state index in [1.165, 1.54) is 18.2 Å². The van der Waals surface area contributed by atoms with E-state index in [1.807, 2.05) is 18.7 Å². The Labute approximate surface area is 196 Å². The van der Waals surface area contributed by atoms with Crippen LogP contribution in [0.15, 0.2) is 42.5 Å². The van der Waals surface area contributed by atoms with Gasteiger partial charge in [-0.2, -0.15) is 0 Å². The molecule has 2 amide bonds. The number of nitrogens with zero attached hydrogens (tertiary/aromatic N) is 3. The second-order valence-electron chi connectivity index (χ2n) is 7.88. The molecule has 2 aromatic carbocycles. The third kappa shape index (κ3) is 5.31. The molecule has 0 saturated carbocycles. The van der Waals surface area contributed by atoms with Crippen LogP contribution in [0, 0.1) is 16.0 Å². The minimum absolute atomic E-state index is 0.0411. The van der Waals surface area contributed by atoms with Crippen LogP contribution in [-0.2, 0) is 4.79 Å². The van der Waals surface area contributed by atoms with E-state index >= 15 is 0 Å². The Kier molecular flexibility index (Phi) is 7.58. The van der Waals surface area contributed by atoms with E-state index in [-0.39, 0.29) is 28.1 Å². The average molecular weight is 479 g/mol. The Hall–Kier alpha value is -2.84. The van der Waals surface area contributed by atoms with Crippen molar-refractivity contribution in [2.75, 3.05) is 31.1 Å². The fourth-order valence-electron chi connectivity index (χ4n) is 3.66. The average Bonchev–Trinajstić information content (AvgIpc) is 2.76. The molecule has 1 fully saturated rings. The molecule has 1 atom stereocenters. The van der Waals surface area contributed by atoms with E-state index in [4.69, 9.17) is 23.2 Å². The summed E-state index contributed by atoms with van der Waals surface area (Å²) in [5.41, 5.74) is 0.825. The van der Waals surface area contributed by atoms with Gasteiger partial charge in [-0.1, -0.05) is 49.2 Å². The van der Waals surface area contributed by atoms with Crippen LogP contribution in [0.2, 0.25) is 10.0 Å². The summed E-state index contributed by atoms with van der Waals surface area (Å²) in [5, 5.41) is 14.7.